The molecular weight excluding hydrogens is 258 g/mol. The quantitative estimate of drug-likeness (QED) is 0.356. The highest BCUT2D eigenvalue weighted by Gasteiger charge is 2.20. The van der Waals surface area contributed by atoms with Gasteiger partial charge in [-0.15, -0.1) is 6.58 Å². The fourth-order valence-corrected chi connectivity index (χ4v) is 1.55. The predicted octanol–water partition coefficient (Wildman–Crippen LogP) is 2.29. The third kappa shape index (κ3) is 3.04. The van der Waals surface area contributed by atoms with Gasteiger partial charge in [0.05, 0.1) is 10.5 Å². The van der Waals surface area contributed by atoms with Crippen molar-refractivity contribution in [1.29, 1.82) is 0 Å². The van der Waals surface area contributed by atoms with Gasteiger partial charge in [-0.2, -0.15) is 0 Å². The molecule has 0 bridgehead atoms. The Kier molecular flexibility index (Phi) is 4.79. The molecule has 1 aromatic rings. The van der Waals surface area contributed by atoms with E-state index in [1.165, 1.54) is 4.90 Å². The molecule has 0 aliphatic heterocycles. The van der Waals surface area contributed by atoms with Crippen molar-refractivity contribution in [3.05, 3.63) is 45.7 Å². The van der Waals surface area contributed by atoms with Crippen molar-refractivity contribution in [2.75, 3.05) is 13.1 Å². The van der Waals surface area contributed by atoms with Crippen LogP contribution in [0.5, 0.6) is 0 Å². The first-order valence-corrected chi connectivity index (χ1v) is 5.59. The number of carbonyl (C=O) groups excluding carboxylic acids is 1. The molecule has 0 N–H and O–H groups in total. The zero-order chi connectivity index (χ0) is 13.7. The summed E-state index contributed by atoms with van der Waals surface area (Å²) in [5, 5.41) is 10.6. The average molecular weight is 270 g/mol. The number of nitrogens with zero attached hydrogens (tertiary/aromatic N) is 3. The molecule has 7 heteroatoms. The van der Waals surface area contributed by atoms with Crippen molar-refractivity contribution in [2.45, 2.75) is 6.92 Å². The summed E-state index contributed by atoms with van der Waals surface area (Å²) in [5.41, 5.74) is -0.244. The Bertz CT molecular complexity index is 490. The molecule has 0 aromatic carbocycles. The summed E-state index contributed by atoms with van der Waals surface area (Å²) in [4.78, 5) is 27.2. The number of likely N-dealkylation sites (N-methyl/N-ethyl adjacent to an activating group) is 1. The van der Waals surface area contributed by atoms with Crippen molar-refractivity contribution in [3.8, 4) is 0 Å². The van der Waals surface area contributed by atoms with Crippen LogP contribution in [0.3, 0.4) is 0 Å². The van der Waals surface area contributed by atoms with E-state index in [1.807, 2.05) is 0 Å². The maximum Gasteiger partial charge on any atom is 0.288 e. The highest BCUT2D eigenvalue weighted by Crippen LogP contribution is 2.20. The van der Waals surface area contributed by atoms with Crippen LogP contribution in [0.4, 0.5) is 5.69 Å². The largest absolute Gasteiger partial charge is 0.335 e. The van der Waals surface area contributed by atoms with Crippen LogP contribution >= 0.6 is 11.6 Å². The second kappa shape index (κ2) is 6.11. The van der Waals surface area contributed by atoms with Gasteiger partial charge in [-0.25, -0.2) is 4.98 Å². The Morgan fingerprint density at radius 2 is 2.39 bits per heavy atom. The number of rotatable bonds is 5. The van der Waals surface area contributed by atoms with Crippen LogP contribution in [-0.2, 0) is 0 Å². The SMILES string of the molecule is C=CCN(CC)C(=O)c1cc([N+](=O)[O-])cnc1Cl. The minimum Gasteiger partial charge on any atom is -0.335 e. The fourth-order valence-electron chi connectivity index (χ4n) is 1.37. The summed E-state index contributed by atoms with van der Waals surface area (Å²) in [7, 11) is 0. The van der Waals surface area contributed by atoms with E-state index in [-0.39, 0.29) is 16.4 Å². The van der Waals surface area contributed by atoms with E-state index in [0.29, 0.717) is 13.1 Å². The topological polar surface area (TPSA) is 76.3 Å². The van der Waals surface area contributed by atoms with Gasteiger partial charge >= 0.3 is 0 Å². The molecule has 1 amide bonds. The third-order valence-corrected chi connectivity index (χ3v) is 2.59. The minimum absolute atomic E-state index is 0.0227. The molecule has 0 aliphatic carbocycles. The summed E-state index contributed by atoms with van der Waals surface area (Å²) in [6, 6.07) is 1.13. The zero-order valence-electron chi connectivity index (χ0n) is 9.80. The van der Waals surface area contributed by atoms with E-state index in [1.54, 1.807) is 13.0 Å². The van der Waals surface area contributed by atoms with E-state index < -0.39 is 10.8 Å². The third-order valence-electron chi connectivity index (χ3n) is 2.28. The van der Waals surface area contributed by atoms with Gasteiger partial charge in [0.25, 0.3) is 11.6 Å². The maximum absolute atomic E-state index is 12.1. The Hall–Kier alpha value is -1.95. The second-order valence-electron chi connectivity index (χ2n) is 3.42. The van der Waals surface area contributed by atoms with Gasteiger partial charge in [0.1, 0.15) is 11.3 Å². The Morgan fingerprint density at radius 1 is 1.72 bits per heavy atom. The Morgan fingerprint density at radius 3 is 2.89 bits per heavy atom. The van der Waals surface area contributed by atoms with Gasteiger partial charge in [0, 0.05) is 19.2 Å². The van der Waals surface area contributed by atoms with Crippen molar-refractivity contribution < 1.29 is 9.72 Å². The van der Waals surface area contributed by atoms with Crippen molar-refractivity contribution in [2.24, 2.45) is 0 Å². The molecule has 6 nitrogen and oxygen atoms in total. The molecule has 96 valence electrons. The number of hydrogen-bond donors (Lipinski definition) is 0. The molecular formula is C11H12ClN3O3. The second-order valence-corrected chi connectivity index (χ2v) is 3.78. The van der Waals surface area contributed by atoms with Gasteiger partial charge < -0.3 is 4.90 Å². The summed E-state index contributed by atoms with van der Waals surface area (Å²) >= 11 is 5.79. The lowest BCUT2D eigenvalue weighted by Crippen LogP contribution is -2.31. The first kappa shape index (κ1) is 14.1. The number of carbonyl (C=O) groups is 1. The smallest absolute Gasteiger partial charge is 0.288 e. The first-order chi connectivity index (χ1) is 8.51. The average Bonchev–Trinajstić information content (AvgIpc) is 2.35. The number of hydrogen-bond acceptors (Lipinski definition) is 4. The van der Waals surface area contributed by atoms with E-state index in [4.69, 9.17) is 11.6 Å². The standard InChI is InChI=1S/C11H12ClN3O3/c1-3-5-14(4-2)11(16)9-6-8(15(17)18)7-13-10(9)12/h3,6-7H,1,4-5H2,2H3. The minimum atomic E-state index is -0.621. The summed E-state index contributed by atoms with van der Waals surface area (Å²) < 4.78 is 0. The highest BCUT2D eigenvalue weighted by atomic mass is 35.5. The van der Waals surface area contributed by atoms with E-state index in [2.05, 4.69) is 11.6 Å². The lowest BCUT2D eigenvalue weighted by molar-refractivity contribution is -0.385. The molecule has 0 aliphatic rings. The molecule has 1 rings (SSSR count). The number of amides is 1. The molecule has 0 fully saturated rings. The monoisotopic (exact) mass is 269 g/mol. The van der Waals surface area contributed by atoms with Gasteiger partial charge in [-0.3, -0.25) is 14.9 Å². The van der Waals surface area contributed by atoms with Gasteiger partial charge in [0.15, 0.2) is 0 Å². The molecule has 0 saturated carbocycles. The maximum atomic E-state index is 12.1. The van der Waals surface area contributed by atoms with Gasteiger partial charge in [-0.1, -0.05) is 17.7 Å². The predicted molar refractivity (Wildman–Crippen MR) is 67.7 cm³/mol. The van der Waals surface area contributed by atoms with Crippen LogP contribution in [0, 0.1) is 10.1 Å². The van der Waals surface area contributed by atoms with Gasteiger partial charge in [-0.05, 0) is 6.92 Å². The molecule has 1 aromatic heterocycles. The molecule has 0 radical (unpaired) electrons. The molecule has 18 heavy (non-hydrogen) atoms. The lowest BCUT2D eigenvalue weighted by atomic mass is 10.2. The van der Waals surface area contributed by atoms with E-state index in [0.717, 1.165) is 12.3 Å². The molecule has 0 atom stereocenters. The Balaban J connectivity index is 3.14. The number of halogens is 1. The lowest BCUT2D eigenvalue weighted by Gasteiger charge is -2.19. The molecule has 0 spiro atoms. The fraction of sp³-hybridized carbons (Fsp3) is 0.273. The number of aromatic nitrogens is 1. The van der Waals surface area contributed by atoms with Crippen molar-refractivity contribution >= 4 is 23.2 Å². The van der Waals surface area contributed by atoms with Crippen LogP contribution < -0.4 is 0 Å². The van der Waals surface area contributed by atoms with Gasteiger partial charge in [0.2, 0.25) is 0 Å². The number of pyridine rings is 1. The first-order valence-electron chi connectivity index (χ1n) is 5.21. The summed E-state index contributed by atoms with van der Waals surface area (Å²) in [6.45, 7) is 6.12. The highest BCUT2D eigenvalue weighted by molar-refractivity contribution is 6.32. The molecule has 1 heterocycles. The molecule has 0 unspecified atom stereocenters. The van der Waals surface area contributed by atoms with E-state index >= 15 is 0 Å². The summed E-state index contributed by atoms with van der Waals surface area (Å²) in [5.74, 6) is -0.404. The molecule has 0 saturated heterocycles. The Labute approximate surface area is 109 Å². The van der Waals surface area contributed by atoms with Crippen molar-refractivity contribution in [1.82, 2.24) is 9.88 Å². The van der Waals surface area contributed by atoms with Crippen LogP contribution in [0.1, 0.15) is 17.3 Å². The van der Waals surface area contributed by atoms with Crippen LogP contribution in [0.25, 0.3) is 0 Å². The van der Waals surface area contributed by atoms with E-state index in [9.17, 15) is 14.9 Å². The normalized spacial score (nSPS) is 9.89. The van der Waals surface area contributed by atoms with Crippen molar-refractivity contribution in [3.63, 3.8) is 0 Å². The number of nitro groups is 1. The van der Waals surface area contributed by atoms with Crippen LogP contribution in [0.15, 0.2) is 24.9 Å². The summed E-state index contributed by atoms with van der Waals surface area (Å²) in [6.07, 6.45) is 2.59. The van der Waals surface area contributed by atoms with Crippen LogP contribution in [0.2, 0.25) is 5.15 Å². The van der Waals surface area contributed by atoms with Crippen LogP contribution in [-0.4, -0.2) is 33.8 Å². The zero-order valence-corrected chi connectivity index (χ0v) is 10.6.